The Morgan fingerprint density at radius 2 is 2.17 bits per heavy atom. The second-order valence-corrected chi connectivity index (χ2v) is 8.43. The summed E-state index contributed by atoms with van der Waals surface area (Å²) in [6, 6.07) is 5.59. The summed E-state index contributed by atoms with van der Waals surface area (Å²) >= 11 is 3.90. The average molecular weight is 526 g/mol. The third-order valence-corrected chi connectivity index (χ3v) is 7.27. The molecule has 0 amide bonds. The summed E-state index contributed by atoms with van der Waals surface area (Å²) in [7, 11) is 0. The van der Waals surface area contributed by atoms with E-state index in [2.05, 4.69) is 39.5 Å². The van der Waals surface area contributed by atoms with Gasteiger partial charge in [-0.3, -0.25) is 0 Å². The normalized spacial score (nSPS) is 13.5. The summed E-state index contributed by atoms with van der Waals surface area (Å²) in [6.07, 6.45) is 1.76. The second kappa shape index (κ2) is 8.70. The van der Waals surface area contributed by atoms with Crippen molar-refractivity contribution in [3.8, 4) is 17.4 Å². The minimum Gasteiger partial charge on any atom is -0.463 e. The maximum atomic E-state index is 12.7. The Labute approximate surface area is 185 Å². The zero-order valence-electron chi connectivity index (χ0n) is 15.9. The number of hydrogen-bond acceptors (Lipinski definition) is 8. The molecule has 0 spiro atoms. The number of carbonyl (C=O) groups excluding carboxylic acids is 1. The van der Waals surface area contributed by atoms with E-state index in [0.717, 1.165) is 25.8 Å². The molecule has 7 nitrogen and oxygen atoms in total. The molecule has 1 aliphatic heterocycles. The Morgan fingerprint density at radius 3 is 2.97 bits per heavy atom. The number of halogens is 1. The molecular weight excluding hydrogens is 507 g/mol. The fourth-order valence-electron chi connectivity index (χ4n) is 3.13. The van der Waals surface area contributed by atoms with Crippen LogP contribution in [0, 0.1) is 3.57 Å². The van der Waals surface area contributed by atoms with E-state index in [1.54, 1.807) is 18.3 Å². The number of aromatic nitrogens is 2. The lowest BCUT2D eigenvalue weighted by Gasteiger charge is -2.18. The van der Waals surface area contributed by atoms with E-state index >= 15 is 0 Å². The molecule has 0 saturated heterocycles. The van der Waals surface area contributed by atoms with Gasteiger partial charge in [0, 0.05) is 20.4 Å². The maximum absolute atomic E-state index is 12.7. The monoisotopic (exact) mass is 526 g/mol. The van der Waals surface area contributed by atoms with Crippen LogP contribution in [0.2, 0.25) is 0 Å². The highest BCUT2D eigenvalue weighted by Gasteiger charge is 2.28. The van der Waals surface area contributed by atoms with Crippen LogP contribution in [0.3, 0.4) is 0 Å². The van der Waals surface area contributed by atoms with Gasteiger partial charge in [0.25, 0.3) is 0 Å². The van der Waals surface area contributed by atoms with E-state index < -0.39 is 12.1 Å². The van der Waals surface area contributed by atoms with Gasteiger partial charge in [-0.15, -0.1) is 11.3 Å². The molecule has 0 unspecified atom stereocenters. The van der Waals surface area contributed by atoms with Crippen molar-refractivity contribution in [2.24, 2.45) is 0 Å². The van der Waals surface area contributed by atoms with Crippen molar-refractivity contribution < 1.29 is 23.7 Å². The van der Waals surface area contributed by atoms with Crippen LogP contribution in [0.25, 0.3) is 10.2 Å². The van der Waals surface area contributed by atoms with Gasteiger partial charge < -0.3 is 18.9 Å². The van der Waals surface area contributed by atoms with Crippen molar-refractivity contribution in [3.63, 3.8) is 0 Å². The largest absolute Gasteiger partial charge is 0.463 e. The number of ether oxygens (including phenoxy) is 4. The Balaban J connectivity index is 1.69. The third-order valence-electron chi connectivity index (χ3n) is 4.47. The molecule has 29 heavy (non-hydrogen) atoms. The number of rotatable bonds is 7. The molecule has 0 bridgehead atoms. The van der Waals surface area contributed by atoms with E-state index in [0.29, 0.717) is 17.4 Å². The molecule has 2 aromatic heterocycles. The highest BCUT2D eigenvalue weighted by atomic mass is 127. The minimum atomic E-state index is -0.871. The topological polar surface area (TPSA) is 79.8 Å². The van der Waals surface area contributed by atoms with Gasteiger partial charge in [0.2, 0.25) is 18.8 Å². The van der Waals surface area contributed by atoms with Crippen molar-refractivity contribution in [2.45, 2.75) is 32.8 Å². The second-order valence-electron chi connectivity index (χ2n) is 6.27. The molecule has 1 aromatic carbocycles. The van der Waals surface area contributed by atoms with E-state index in [9.17, 15) is 4.79 Å². The number of hydrogen-bond donors (Lipinski definition) is 0. The first-order chi connectivity index (χ1) is 14.1. The first-order valence-electron chi connectivity index (χ1n) is 9.25. The maximum Gasteiger partial charge on any atom is 0.347 e. The van der Waals surface area contributed by atoms with Crippen molar-refractivity contribution in [2.75, 3.05) is 13.4 Å². The molecule has 4 rings (SSSR count). The number of esters is 1. The molecule has 0 radical (unpaired) electrons. The van der Waals surface area contributed by atoms with Crippen molar-refractivity contribution in [1.82, 2.24) is 9.97 Å². The molecule has 3 aromatic rings. The lowest BCUT2D eigenvalue weighted by Crippen LogP contribution is -2.32. The number of benzene rings is 1. The molecule has 0 aliphatic carbocycles. The van der Waals surface area contributed by atoms with Crippen molar-refractivity contribution in [1.29, 1.82) is 0 Å². The molecule has 0 fully saturated rings. The van der Waals surface area contributed by atoms with Gasteiger partial charge in [-0.05, 0) is 42.0 Å². The summed E-state index contributed by atoms with van der Waals surface area (Å²) in [5.74, 6) is 1.24. The van der Waals surface area contributed by atoms with Gasteiger partial charge in [0.15, 0.2) is 11.5 Å². The fraction of sp³-hybridized carbons (Fsp3) is 0.350. The van der Waals surface area contributed by atoms with Crippen LogP contribution in [0.4, 0.5) is 0 Å². The van der Waals surface area contributed by atoms with E-state index in [-0.39, 0.29) is 19.8 Å². The first kappa shape index (κ1) is 20.1. The summed E-state index contributed by atoms with van der Waals surface area (Å²) in [5, 5.41) is 0.835. The number of thiophene rings is 1. The Morgan fingerprint density at radius 1 is 1.31 bits per heavy atom. The molecule has 3 heterocycles. The molecule has 1 aliphatic rings. The van der Waals surface area contributed by atoms with Gasteiger partial charge in [0.05, 0.1) is 12.0 Å². The molecular formula is C20H19IN2O5S. The van der Waals surface area contributed by atoms with Crippen LogP contribution in [-0.4, -0.2) is 35.4 Å². The Bertz CT molecular complexity index is 1050. The first-order valence-corrected chi connectivity index (χ1v) is 11.1. The minimum absolute atomic E-state index is 0.163. The van der Waals surface area contributed by atoms with Crippen molar-refractivity contribution >= 4 is 50.1 Å². The Hall–Kier alpha value is -2.14. The smallest absolute Gasteiger partial charge is 0.347 e. The molecule has 152 valence electrons. The highest BCUT2D eigenvalue weighted by molar-refractivity contribution is 14.1. The van der Waals surface area contributed by atoms with Gasteiger partial charge >= 0.3 is 5.97 Å². The summed E-state index contributed by atoms with van der Waals surface area (Å²) < 4.78 is 23.4. The molecule has 0 saturated carbocycles. The number of para-hydroxylation sites is 1. The molecule has 0 N–H and O–H groups in total. The predicted octanol–water partition coefficient (Wildman–Crippen LogP) is 4.14. The van der Waals surface area contributed by atoms with Crippen LogP contribution in [0.5, 0.6) is 17.4 Å². The zero-order valence-corrected chi connectivity index (χ0v) is 18.9. The number of fused-ring (bicyclic) bond motifs is 2. The summed E-state index contributed by atoms with van der Waals surface area (Å²) in [5.41, 5.74) is 0.817. The standard InChI is InChI=1S/C20H19IN2O5S/c1-3-14-16(21)15-18(22-9-23-19(15)29-14)28-13(20(24)25-4-2)8-11-6-5-7-12-17(11)27-10-26-12/h5-7,9,13H,3-4,8,10H2,1-2H3/t13-/m1/s1. The number of aryl methyl sites for hydroxylation is 1. The zero-order chi connectivity index (χ0) is 20.4. The van der Waals surface area contributed by atoms with Crippen LogP contribution in [0.15, 0.2) is 24.5 Å². The summed E-state index contributed by atoms with van der Waals surface area (Å²) in [6.45, 7) is 4.29. The lowest BCUT2D eigenvalue weighted by atomic mass is 10.1. The van der Waals surface area contributed by atoms with Crippen LogP contribution in [0.1, 0.15) is 24.3 Å². The number of nitrogens with zero attached hydrogens (tertiary/aromatic N) is 2. The third kappa shape index (κ3) is 3.97. The molecule has 9 heteroatoms. The van der Waals surface area contributed by atoms with Crippen LogP contribution in [-0.2, 0) is 22.4 Å². The van der Waals surface area contributed by atoms with E-state index in [1.165, 1.54) is 11.2 Å². The average Bonchev–Trinajstić information content (AvgIpc) is 3.33. The SMILES string of the molecule is CCOC(=O)[C@@H](Cc1cccc2c1OCO2)Oc1ncnc2sc(CC)c(I)c12. The quantitative estimate of drug-likeness (QED) is 0.338. The Kier molecular flexibility index (Phi) is 6.04. The summed E-state index contributed by atoms with van der Waals surface area (Å²) in [4.78, 5) is 23.4. The van der Waals surface area contributed by atoms with Gasteiger partial charge in [-0.2, -0.15) is 0 Å². The lowest BCUT2D eigenvalue weighted by molar-refractivity contribution is -0.151. The molecule has 1 atom stereocenters. The number of carbonyl (C=O) groups is 1. The predicted molar refractivity (Wildman–Crippen MR) is 117 cm³/mol. The van der Waals surface area contributed by atoms with E-state index in [1.807, 2.05) is 18.2 Å². The van der Waals surface area contributed by atoms with E-state index in [4.69, 9.17) is 18.9 Å². The van der Waals surface area contributed by atoms with Crippen molar-refractivity contribution in [3.05, 3.63) is 38.5 Å². The van der Waals surface area contributed by atoms with Crippen LogP contribution >= 0.6 is 33.9 Å². The van der Waals surface area contributed by atoms with Crippen LogP contribution < -0.4 is 14.2 Å². The van der Waals surface area contributed by atoms with Gasteiger partial charge in [0.1, 0.15) is 11.2 Å². The highest BCUT2D eigenvalue weighted by Crippen LogP contribution is 2.38. The fourth-order valence-corrected chi connectivity index (χ4v) is 5.47. The van der Waals surface area contributed by atoms with Gasteiger partial charge in [-0.1, -0.05) is 19.1 Å². The van der Waals surface area contributed by atoms with Gasteiger partial charge in [-0.25, -0.2) is 14.8 Å².